The molecule has 49 heavy (non-hydrogen) atoms. The van der Waals surface area contributed by atoms with E-state index in [0.717, 1.165) is 10.6 Å². The van der Waals surface area contributed by atoms with Crippen LogP contribution in [-0.4, -0.2) is 78.1 Å². The van der Waals surface area contributed by atoms with Crippen LogP contribution < -0.4 is 16.5 Å². The van der Waals surface area contributed by atoms with E-state index in [9.17, 15) is 27.9 Å². The Kier molecular flexibility index (Phi) is 13.7. The minimum atomic E-state index is -4.00. The predicted molar refractivity (Wildman–Crippen MR) is 189 cm³/mol. The summed E-state index contributed by atoms with van der Waals surface area (Å²) in [7, 11) is -4.00. The molecule has 3 rings (SSSR count). The molecular weight excluding hydrogens is 646 g/mol. The third-order valence-electron chi connectivity index (χ3n) is 7.26. The van der Waals surface area contributed by atoms with E-state index in [0.29, 0.717) is 12.1 Å². The quantitative estimate of drug-likeness (QED) is 0.140. The number of sulfonamides is 1. The van der Waals surface area contributed by atoms with E-state index in [4.69, 9.17) is 10.5 Å². The number of hydrazine groups is 1. The van der Waals surface area contributed by atoms with Crippen LogP contribution in [0.15, 0.2) is 83.8 Å². The SMILES string of the molecule is CCCN(NC(=O)c1ccc(C(=O)NC(Cc2ccccc2)[C@H](O)CN(CC(C)C)S(=O)(=O)c2ccc(N)cc2)cc1)C(=O)OC(C)(C)C. The van der Waals surface area contributed by atoms with Crippen LogP contribution >= 0.6 is 0 Å². The topological polar surface area (TPSA) is 171 Å². The van der Waals surface area contributed by atoms with Gasteiger partial charge in [-0.25, -0.2) is 18.2 Å². The molecule has 0 aromatic heterocycles. The average molecular weight is 696 g/mol. The Morgan fingerprint density at radius 2 is 1.45 bits per heavy atom. The first-order valence-corrected chi connectivity index (χ1v) is 17.7. The first kappa shape index (κ1) is 39.0. The molecule has 5 N–H and O–H groups in total. The van der Waals surface area contributed by atoms with Gasteiger partial charge >= 0.3 is 6.09 Å². The van der Waals surface area contributed by atoms with E-state index in [1.165, 1.54) is 52.8 Å². The second-order valence-corrected chi connectivity index (χ2v) is 15.2. The number of nitrogens with zero attached hydrogens (tertiary/aromatic N) is 2. The Hall–Kier alpha value is -4.46. The van der Waals surface area contributed by atoms with Crippen molar-refractivity contribution in [3.8, 4) is 0 Å². The van der Waals surface area contributed by atoms with E-state index in [-0.39, 0.29) is 48.0 Å². The van der Waals surface area contributed by atoms with E-state index in [1.54, 1.807) is 20.8 Å². The molecule has 0 radical (unpaired) electrons. The first-order chi connectivity index (χ1) is 23.0. The molecule has 3 aromatic rings. The maximum absolute atomic E-state index is 13.7. The fourth-order valence-electron chi connectivity index (χ4n) is 4.90. The van der Waals surface area contributed by atoms with Crippen LogP contribution in [0.25, 0.3) is 0 Å². The highest BCUT2D eigenvalue weighted by atomic mass is 32.2. The van der Waals surface area contributed by atoms with Crippen LogP contribution in [-0.2, 0) is 21.2 Å². The highest BCUT2D eigenvalue weighted by molar-refractivity contribution is 7.89. The number of amides is 3. The number of nitrogen functional groups attached to an aromatic ring is 1. The minimum absolute atomic E-state index is 0.0474. The van der Waals surface area contributed by atoms with Gasteiger partial charge in [0.25, 0.3) is 11.8 Å². The largest absolute Gasteiger partial charge is 0.442 e. The lowest BCUT2D eigenvalue weighted by molar-refractivity contribution is 0.0133. The van der Waals surface area contributed by atoms with Crippen molar-refractivity contribution in [3.05, 3.63) is 95.6 Å². The lowest BCUT2D eigenvalue weighted by Crippen LogP contribution is -2.51. The Balaban J connectivity index is 1.81. The third kappa shape index (κ3) is 11.9. The number of rotatable bonds is 14. The van der Waals surface area contributed by atoms with Gasteiger partial charge in [0.2, 0.25) is 10.0 Å². The summed E-state index contributed by atoms with van der Waals surface area (Å²) in [6.07, 6.45) is -1.16. The van der Waals surface area contributed by atoms with Gasteiger partial charge in [0.1, 0.15) is 5.60 Å². The second-order valence-electron chi connectivity index (χ2n) is 13.3. The smallest absolute Gasteiger partial charge is 0.429 e. The molecule has 0 heterocycles. The zero-order valence-electron chi connectivity index (χ0n) is 29.0. The maximum atomic E-state index is 13.7. The van der Waals surface area contributed by atoms with E-state index < -0.39 is 45.7 Å². The zero-order chi connectivity index (χ0) is 36.4. The molecule has 266 valence electrons. The molecule has 3 aromatic carbocycles. The van der Waals surface area contributed by atoms with Crippen LogP contribution in [0.3, 0.4) is 0 Å². The van der Waals surface area contributed by atoms with Gasteiger partial charge < -0.3 is 20.9 Å². The van der Waals surface area contributed by atoms with Crippen LogP contribution in [0.2, 0.25) is 0 Å². The number of aliphatic hydroxyl groups excluding tert-OH is 1. The van der Waals surface area contributed by atoms with Crippen molar-refractivity contribution in [1.29, 1.82) is 0 Å². The highest BCUT2D eigenvalue weighted by Gasteiger charge is 2.32. The van der Waals surface area contributed by atoms with Crippen molar-refractivity contribution in [2.24, 2.45) is 5.92 Å². The molecule has 0 fully saturated rings. The van der Waals surface area contributed by atoms with Crippen LogP contribution in [0.5, 0.6) is 0 Å². The molecule has 12 nitrogen and oxygen atoms in total. The summed E-state index contributed by atoms with van der Waals surface area (Å²) in [6.45, 7) is 10.9. The molecule has 2 atom stereocenters. The Bertz CT molecular complexity index is 1640. The molecular formula is C36H49N5O7S. The third-order valence-corrected chi connectivity index (χ3v) is 9.11. The molecule has 0 spiro atoms. The van der Waals surface area contributed by atoms with Gasteiger partial charge in [-0.05, 0) is 93.6 Å². The molecule has 0 saturated carbocycles. The van der Waals surface area contributed by atoms with Crippen molar-refractivity contribution in [1.82, 2.24) is 20.1 Å². The van der Waals surface area contributed by atoms with Gasteiger partial charge in [-0.1, -0.05) is 51.1 Å². The molecule has 0 saturated heterocycles. The van der Waals surface area contributed by atoms with Gasteiger partial charge in [0.15, 0.2) is 0 Å². The molecule has 0 bridgehead atoms. The maximum Gasteiger partial charge on any atom is 0.429 e. The van der Waals surface area contributed by atoms with Gasteiger partial charge in [-0.15, -0.1) is 0 Å². The molecule has 3 amide bonds. The Labute approximate surface area is 289 Å². The minimum Gasteiger partial charge on any atom is -0.442 e. The number of carbonyl (C=O) groups is 3. The average Bonchev–Trinajstić information content (AvgIpc) is 3.03. The monoisotopic (exact) mass is 695 g/mol. The number of nitrogens with two attached hydrogens (primary N) is 1. The summed E-state index contributed by atoms with van der Waals surface area (Å²) in [6, 6.07) is 20.1. The van der Waals surface area contributed by atoms with Crippen molar-refractivity contribution in [3.63, 3.8) is 0 Å². The van der Waals surface area contributed by atoms with Crippen LogP contribution in [0.4, 0.5) is 10.5 Å². The number of hydrogen-bond donors (Lipinski definition) is 4. The lowest BCUT2D eigenvalue weighted by Gasteiger charge is -2.31. The van der Waals surface area contributed by atoms with Crippen molar-refractivity contribution >= 4 is 33.6 Å². The zero-order valence-corrected chi connectivity index (χ0v) is 29.9. The predicted octanol–water partition coefficient (Wildman–Crippen LogP) is 4.61. The van der Waals surface area contributed by atoms with Gasteiger partial charge in [-0.3, -0.25) is 15.0 Å². The van der Waals surface area contributed by atoms with Gasteiger partial charge in [-0.2, -0.15) is 4.31 Å². The van der Waals surface area contributed by atoms with Crippen LogP contribution in [0.1, 0.15) is 74.2 Å². The van der Waals surface area contributed by atoms with E-state index in [2.05, 4.69) is 10.7 Å². The summed E-state index contributed by atoms with van der Waals surface area (Å²) >= 11 is 0. The highest BCUT2D eigenvalue weighted by Crippen LogP contribution is 2.21. The normalized spacial score (nSPS) is 13.1. The number of benzene rings is 3. The second kappa shape index (κ2) is 17.3. The summed E-state index contributed by atoms with van der Waals surface area (Å²) < 4.78 is 33.9. The van der Waals surface area contributed by atoms with Gasteiger partial charge in [0.05, 0.1) is 17.0 Å². The van der Waals surface area contributed by atoms with E-state index >= 15 is 0 Å². The first-order valence-electron chi connectivity index (χ1n) is 16.3. The molecule has 0 aliphatic rings. The lowest BCUT2D eigenvalue weighted by atomic mass is 10.00. The van der Waals surface area contributed by atoms with Crippen molar-refractivity contribution in [2.75, 3.05) is 25.4 Å². The summed E-state index contributed by atoms with van der Waals surface area (Å²) in [4.78, 5) is 39.1. The number of anilines is 1. The summed E-state index contributed by atoms with van der Waals surface area (Å²) in [5.74, 6) is -1.13. The summed E-state index contributed by atoms with van der Waals surface area (Å²) in [5, 5.41) is 15.5. The number of ether oxygens (including phenoxy) is 1. The van der Waals surface area contributed by atoms with Crippen LogP contribution in [0, 0.1) is 5.92 Å². The number of hydrogen-bond acceptors (Lipinski definition) is 8. The molecule has 0 aliphatic heterocycles. The number of aliphatic hydroxyl groups is 1. The Morgan fingerprint density at radius 1 is 0.878 bits per heavy atom. The van der Waals surface area contributed by atoms with Crippen molar-refractivity contribution in [2.45, 2.75) is 77.0 Å². The van der Waals surface area contributed by atoms with E-state index in [1.807, 2.05) is 51.1 Å². The van der Waals surface area contributed by atoms with Crippen molar-refractivity contribution < 1.29 is 32.6 Å². The fourth-order valence-corrected chi connectivity index (χ4v) is 6.52. The van der Waals surface area contributed by atoms with Gasteiger partial charge in [0, 0.05) is 36.4 Å². The molecule has 0 aliphatic carbocycles. The standard InChI is InChI=1S/C36H49N5O7S/c1-7-21-41(35(45)48-36(4,5)6)39-34(44)28-15-13-27(14-16-28)33(43)38-31(22-26-11-9-8-10-12-26)32(42)24-40(23-25(2)3)49(46,47)30-19-17-29(37)18-20-30/h8-20,25,31-32,42H,7,21-24,37H2,1-6H3,(H,38,43)(H,39,44)/t31?,32-/m1/s1. The fraction of sp³-hybridized carbons (Fsp3) is 0.417. The molecule has 1 unspecified atom stereocenters. The summed E-state index contributed by atoms with van der Waals surface area (Å²) in [5.41, 5.74) is 9.27. The number of carbonyl (C=O) groups excluding carboxylic acids is 3. The molecule has 13 heteroatoms. The number of nitrogens with one attached hydrogen (secondary N) is 2. The Morgan fingerprint density at radius 3 is 1.98 bits per heavy atom.